The number of amides is 1. The number of ether oxygens (including phenoxy) is 1. The fourth-order valence-corrected chi connectivity index (χ4v) is 4.66. The van der Waals surface area contributed by atoms with Gasteiger partial charge in [0, 0.05) is 3.57 Å². The number of halogens is 3. The van der Waals surface area contributed by atoms with Gasteiger partial charge >= 0.3 is 0 Å². The highest BCUT2D eigenvalue weighted by Crippen LogP contribution is 2.30. The van der Waals surface area contributed by atoms with Gasteiger partial charge in [0.1, 0.15) is 17.4 Å². The van der Waals surface area contributed by atoms with Gasteiger partial charge in [0.2, 0.25) is 0 Å². The van der Waals surface area contributed by atoms with E-state index in [1.165, 1.54) is 0 Å². The molecule has 128 valence electrons. The van der Waals surface area contributed by atoms with Gasteiger partial charge in [-0.15, -0.1) is 0 Å². The molecule has 0 atom stereocenters. The fraction of sp³-hybridized carbons (Fsp3) is 0.111. The monoisotopic (exact) mass is 670 g/mol. The Kier molecular flexibility index (Phi) is 7.95. The second-order valence-corrected chi connectivity index (χ2v) is 8.34. The number of nitrogens with one attached hydrogen (secondary N) is 1. The molecule has 0 aromatic heterocycles. The smallest absolute Gasteiger partial charge is 0.266 e. The van der Waals surface area contributed by atoms with E-state index in [0.717, 1.165) is 22.0 Å². The molecule has 0 saturated carbocycles. The molecule has 2 aromatic carbocycles. The number of carbonyl (C=O) groups is 1. The van der Waals surface area contributed by atoms with Crippen LogP contribution in [0.4, 0.5) is 5.69 Å². The zero-order valence-corrected chi connectivity index (χ0v) is 19.6. The Morgan fingerprint density at radius 2 is 1.84 bits per heavy atom. The lowest BCUT2D eigenvalue weighted by Gasteiger charge is -2.10. The first-order chi connectivity index (χ1) is 12.0. The van der Waals surface area contributed by atoms with Crippen molar-refractivity contribution in [2.75, 3.05) is 11.9 Å². The summed E-state index contributed by atoms with van der Waals surface area (Å²) in [7, 11) is 0. The van der Waals surface area contributed by atoms with Gasteiger partial charge in [-0.05, 0) is 111 Å². The Hall–Kier alpha value is -0.870. The summed E-state index contributed by atoms with van der Waals surface area (Å²) in [6.07, 6.45) is 1.59. The van der Waals surface area contributed by atoms with Crippen LogP contribution in [-0.4, -0.2) is 12.5 Å². The SMILES string of the molecule is CCOc1c(I)cc(/C=C(/C#N)C(=O)Nc2ccccc2I)cc1I. The predicted octanol–water partition coefficient (Wildman–Crippen LogP) is 5.44. The number of benzene rings is 2. The molecule has 0 radical (unpaired) electrons. The van der Waals surface area contributed by atoms with E-state index in [0.29, 0.717) is 12.3 Å². The van der Waals surface area contributed by atoms with Crippen LogP contribution in [0.1, 0.15) is 12.5 Å². The van der Waals surface area contributed by atoms with Crippen LogP contribution in [0.3, 0.4) is 0 Å². The summed E-state index contributed by atoms with van der Waals surface area (Å²) in [6, 6.07) is 13.2. The molecular formula is C18H13I3N2O2. The number of nitriles is 1. The summed E-state index contributed by atoms with van der Waals surface area (Å²) >= 11 is 6.52. The highest BCUT2D eigenvalue weighted by Gasteiger charge is 2.13. The van der Waals surface area contributed by atoms with E-state index < -0.39 is 5.91 Å². The maximum absolute atomic E-state index is 12.4. The van der Waals surface area contributed by atoms with E-state index in [1.807, 2.05) is 43.3 Å². The zero-order chi connectivity index (χ0) is 18.4. The van der Waals surface area contributed by atoms with Crippen LogP contribution in [0.2, 0.25) is 0 Å². The minimum atomic E-state index is -0.425. The molecule has 0 fully saturated rings. The third-order valence-electron chi connectivity index (χ3n) is 3.11. The highest BCUT2D eigenvalue weighted by molar-refractivity contribution is 14.1. The van der Waals surface area contributed by atoms with Gasteiger partial charge < -0.3 is 10.1 Å². The molecule has 0 unspecified atom stereocenters. The van der Waals surface area contributed by atoms with Crippen molar-refractivity contribution in [2.24, 2.45) is 0 Å². The van der Waals surface area contributed by atoms with Crippen molar-refractivity contribution >= 4 is 85.4 Å². The topological polar surface area (TPSA) is 62.1 Å². The Balaban J connectivity index is 2.30. The molecule has 7 heteroatoms. The predicted molar refractivity (Wildman–Crippen MR) is 124 cm³/mol. The molecule has 0 bridgehead atoms. The lowest BCUT2D eigenvalue weighted by molar-refractivity contribution is -0.112. The Bertz CT molecular complexity index is 850. The number of rotatable bonds is 5. The molecule has 0 aliphatic carbocycles. The number of anilines is 1. The number of hydrogen-bond donors (Lipinski definition) is 1. The average Bonchev–Trinajstić information content (AvgIpc) is 2.58. The number of nitrogens with zero attached hydrogens (tertiary/aromatic N) is 1. The maximum Gasteiger partial charge on any atom is 0.266 e. The van der Waals surface area contributed by atoms with Gasteiger partial charge in [-0.3, -0.25) is 4.79 Å². The molecule has 4 nitrogen and oxygen atoms in total. The van der Waals surface area contributed by atoms with Gasteiger partial charge in [-0.25, -0.2) is 0 Å². The van der Waals surface area contributed by atoms with E-state index in [1.54, 1.807) is 12.1 Å². The van der Waals surface area contributed by atoms with Crippen LogP contribution in [0.5, 0.6) is 5.75 Å². The Labute approximate surface area is 187 Å². The zero-order valence-electron chi connectivity index (χ0n) is 13.1. The molecule has 0 aliphatic rings. The molecule has 0 saturated heterocycles. The largest absolute Gasteiger partial charge is 0.492 e. The summed E-state index contributed by atoms with van der Waals surface area (Å²) in [5.74, 6) is 0.396. The van der Waals surface area contributed by atoms with Crippen LogP contribution in [0, 0.1) is 22.0 Å². The number of carbonyl (C=O) groups excluding carboxylic acids is 1. The van der Waals surface area contributed by atoms with Crippen LogP contribution < -0.4 is 10.1 Å². The quantitative estimate of drug-likeness (QED) is 0.262. The molecule has 0 spiro atoms. The normalized spacial score (nSPS) is 10.9. The van der Waals surface area contributed by atoms with Crippen LogP contribution in [-0.2, 0) is 4.79 Å². The summed E-state index contributed by atoms with van der Waals surface area (Å²) < 4.78 is 8.40. The first-order valence-corrected chi connectivity index (χ1v) is 10.5. The fourth-order valence-electron chi connectivity index (χ4n) is 2.01. The van der Waals surface area contributed by atoms with E-state index in [4.69, 9.17) is 4.74 Å². The second kappa shape index (κ2) is 9.72. The molecule has 1 amide bonds. The van der Waals surface area contributed by atoms with E-state index in [9.17, 15) is 10.1 Å². The Morgan fingerprint density at radius 1 is 1.20 bits per heavy atom. The number of hydrogen-bond acceptors (Lipinski definition) is 3. The van der Waals surface area contributed by atoms with Gasteiger partial charge in [0.05, 0.1) is 19.4 Å². The lowest BCUT2D eigenvalue weighted by Crippen LogP contribution is -2.14. The van der Waals surface area contributed by atoms with Crippen molar-refractivity contribution in [1.29, 1.82) is 5.26 Å². The summed E-state index contributed by atoms with van der Waals surface area (Å²) in [6.45, 7) is 2.52. The molecule has 0 heterocycles. The van der Waals surface area contributed by atoms with Gasteiger partial charge in [-0.1, -0.05) is 12.1 Å². The lowest BCUT2D eigenvalue weighted by atomic mass is 10.1. The van der Waals surface area contributed by atoms with Gasteiger partial charge in [0.15, 0.2) is 0 Å². The highest BCUT2D eigenvalue weighted by atomic mass is 127. The van der Waals surface area contributed by atoms with Crippen molar-refractivity contribution < 1.29 is 9.53 Å². The molecule has 2 rings (SSSR count). The maximum atomic E-state index is 12.4. The average molecular weight is 670 g/mol. The summed E-state index contributed by atoms with van der Waals surface area (Å²) in [5.41, 5.74) is 1.52. The van der Waals surface area contributed by atoms with Crippen molar-refractivity contribution in [1.82, 2.24) is 0 Å². The third-order valence-corrected chi connectivity index (χ3v) is 5.65. The Morgan fingerprint density at radius 3 is 2.40 bits per heavy atom. The van der Waals surface area contributed by atoms with Crippen molar-refractivity contribution in [3.63, 3.8) is 0 Å². The minimum absolute atomic E-state index is 0.0513. The molecule has 2 aromatic rings. The van der Waals surface area contributed by atoms with Crippen LogP contribution >= 0.6 is 67.8 Å². The van der Waals surface area contributed by atoms with Crippen molar-refractivity contribution in [2.45, 2.75) is 6.92 Å². The molecule has 1 N–H and O–H groups in total. The first-order valence-electron chi connectivity index (χ1n) is 7.25. The summed E-state index contributed by atoms with van der Waals surface area (Å²) in [4.78, 5) is 12.4. The van der Waals surface area contributed by atoms with E-state index in [2.05, 4.69) is 73.1 Å². The van der Waals surface area contributed by atoms with E-state index >= 15 is 0 Å². The second-order valence-electron chi connectivity index (χ2n) is 4.85. The molecule has 25 heavy (non-hydrogen) atoms. The third kappa shape index (κ3) is 5.55. The van der Waals surface area contributed by atoms with Gasteiger partial charge in [-0.2, -0.15) is 5.26 Å². The van der Waals surface area contributed by atoms with Crippen LogP contribution in [0.25, 0.3) is 6.08 Å². The van der Waals surface area contributed by atoms with Crippen LogP contribution in [0.15, 0.2) is 42.0 Å². The van der Waals surface area contributed by atoms with Crippen molar-refractivity contribution in [3.05, 3.63) is 58.2 Å². The molecular weight excluding hydrogens is 657 g/mol. The van der Waals surface area contributed by atoms with Crippen molar-refractivity contribution in [3.8, 4) is 11.8 Å². The molecule has 0 aliphatic heterocycles. The summed E-state index contributed by atoms with van der Waals surface area (Å²) in [5, 5.41) is 12.1. The first kappa shape index (κ1) is 20.4. The number of para-hydroxylation sites is 1. The standard InChI is InChI=1S/C18H13I3N2O2/c1-2-25-17-14(20)8-11(9-15(17)21)7-12(10-22)18(24)23-16-6-4-3-5-13(16)19/h3-9H,2H2,1H3,(H,23,24)/b12-7-. The van der Waals surface area contributed by atoms with Gasteiger partial charge in [0.25, 0.3) is 5.91 Å². The minimum Gasteiger partial charge on any atom is -0.492 e. The van der Waals surface area contributed by atoms with E-state index in [-0.39, 0.29) is 5.57 Å².